The highest BCUT2D eigenvalue weighted by molar-refractivity contribution is 6.30. The van der Waals surface area contributed by atoms with Crippen LogP contribution in [0.3, 0.4) is 0 Å². The monoisotopic (exact) mass is 496 g/mol. The molecule has 2 aromatic rings. The molecule has 8 nitrogen and oxygen atoms in total. The first-order chi connectivity index (χ1) is 17.5. The minimum Gasteiger partial charge on any atom is -0.434 e. The van der Waals surface area contributed by atoms with Crippen LogP contribution >= 0.6 is 0 Å². The smallest absolute Gasteiger partial charge is 0.434 e. The summed E-state index contributed by atoms with van der Waals surface area (Å²) in [6, 6.07) is 8.92. The van der Waals surface area contributed by atoms with Gasteiger partial charge in [0.15, 0.2) is 11.6 Å². The molecule has 0 heterocycles. The van der Waals surface area contributed by atoms with Crippen molar-refractivity contribution in [2.24, 2.45) is 0 Å². The molecule has 0 radical (unpaired) electrons. The highest BCUT2D eigenvalue weighted by Crippen LogP contribution is 2.39. The van der Waals surface area contributed by atoms with Gasteiger partial charge in [0, 0.05) is 11.1 Å². The SMILES string of the molecule is CCCCCCOC(=O)Oc1ccc(OC(=O)OCCCCCC)c2c1C(=O)c1ccccc1C2=O. The molecule has 0 fully saturated rings. The quantitative estimate of drug-likeness (QED) is 0.156. The van der Waals surface area contributed by atoms with Crippen molar-refractivity contribution >= 4 is 23.9 Å². The van der Waals surface area contributed by atoms with Gasteiger partial charge in [0.1, 0.15) is 11.5 Å². The van der Waals surface area contributed by atoms with Crippen LogP contribution in [0.2, 0.25) is 0 Å². The molecule has 0 unspecified atom stereocenters. The summed E-state index contributed by atoms with van der Waals surface area (Å²) >= 11 is 0. The molecule has 0 aromatic heterocycles. The lowest BCUT2D eigenvalue weighted by atomic mass is 9.83. The maximum absolute atomic E-state index is 13.3. The average molecular weight is 497 g/mol. The number of benzene rings is 2. The second kappa shape index (κ2) is 13.4. The van der Waals surface area contributed by atoms with E-state index in [-0.39, 0.29) is 47.0 Å². The summed E-state index contributed by atoms with van der Waals surface area (Å²) < 4.78 is 20.9. The van der Waals surface area contributed by atoms with E-state index in [1.54, 1.807) is 12.1 Å². The van der Waals surface area contributed by atoms with E-state index in [0.29, 0.717) is 12.8 Å². The van der Waals surface area contributed by atoms with Crippen molar-refractivity contribution < 1.29 is 38.1 Å². The molecular formula is C28H32O8. The average Bonchev–Trinajstić information content (AvgIpc) is 2.87. The Morgan fingerprint density at radius 1 is 0.611 bits per heavy atom. The molecule has 0 saturated carbocycles. The van der Waals surface area contributed by atoms with Crippen molar-refractivity contribution in [3.8, 4) is 11.5 Å². The van der Waals surface area contributed by atoms with Crippen molar-refractivity contribution in [3.63, 3.8) is 0 Å². The molecule has 36 heavy (non-hydrogen) atoms. The maximum atomic E-state index is 13.3. The van der Waals surface area contributed by atoms with Gasteiger partial charge in [-0.05, 0) is 25.0 Å². The third-order valence-electron chi connectivity index (χ3n) is 5.82. The molecule has 0 bridgehead atoms. The molecule has 1 aliphatic rings. The lowest BCUT2D eigenvalue weighted by Crippen LogP contribution is -2.25. The summed E-state index contributed by atoms with van der Waals surface area (Å²) in [5.41, 5.74) is 0.0247. The molecule has 0 saturated heterocycles. The van der Waals surface area contributed by atoms with E-state index in [1.807, 2.05) is 0 Å². The highest BCUT2D eigenvalue weighted by Gasteiger charge is 2.36. The Kier molecular flexibility index (Phi) is 10.0. The van der Waals surface area contributed by atoms with Gasteiger partial charge in [-0.3, -0.25) is 9.59 Å². The minimum atomic E-state index is -0.979. The van der Waals surface area contributed by atoms with Gasteiger partial charge in [0.05, 0.1) is 24.3 Å². The highest BCUT2D eigenvalue weighted by atomic mass is 16.7. The van der Waals surface area contributed by atoms with Crippen LogP contribution < -0.4 is 9.47 Å². The van der Waals surface area contributed by atoms with Crippen LogP contribution in [0.15, 0.2) is 36.4 Å². The van der Waals surface area contributed by atoms with Crippen LogP contribution in [0, 0.1) is 0 Å². The Hall–Kier alpha value is -3.68. The van der Waals surface area contributed by atoms with Crippen molar-refractivity contribution in [2.75, 3.05) is 13.2 Å². The van der Waals surface area contributed by atoms with E-state index in [9.17, 15) is 19.2 Å². The fourth-order valence-electron chi connectivity index (χ4n) is 3.94. The number of ether oxygens (including phenoxy) is 4. The van der Waals surface area contributed by atoms with Gasteiger partial charge in [0.2, 0.25) is 0 Å². The molecule has 0 N–H and O–H groups in total. The molecule has 0 aliphatic heterocycles. The van der Waals surface area contributed by atoms with Crippen molar-refractivity contribution in [1.29, 1.82) is 0 Å². The lowest BCUT2D eigenvalue weighted by molar-refractivity contribution is 0.0904. The van der Waals surface area contributed by atoms with Crippen LogP contribution in [0.1, 0.15) is 97.1 Å². The number of hydrogen-bond acceptors (Lipinski definition) is 8. The topological polar surface area (TPSA) is 105 Å². The maximum Gasteiger partial charge on any atom is 0.513 e. The summed E-state index contributed by atoms with van der Waals surface area (Å²) in [4.78, 5) is 51.2. The first-order valence-corrected chi connectivity index (χ1v) is 12.5. The molecule has 0 amide bonds. The molecular weight excluding hydrogens is 464 g/mol. The zero-order valence-corrected chi connectivity index (χ0v) is 20.8. The fourth-order valence-corrected chi connectivity index (χ4v) is 3.94. The third kappa shape index (κ3) is 6.71. The van der Waals surface area contributed by atoms with Gasteiger partial charge in [-0.25, -0.2) is 9.59 Å². The standard InChI is InChI=1S/C28H32O8/c1-3-5-7-11-17-33-27(31)35-21-15-16-22(36-28(32)34-18-12-8-6-4-2)24-23(21)25(29)19-13-9-10-14-20(19)26(24)30/h9-10,13-16H,3-8,11-12,17-18H2,1-2H3. The van der Waals surface area contributed by atoms with Crippen molar-refractivity contribution in [2.45, 2.75) is 65.2 Å². The summed E-state index contributed by atoms with van der Waals surface area (Å²) in [5, 5.41) is 0. The van der Waals surface area contributed by atoms with Crippen molar-refractivity contribution in [3.05, 3.63) is 58.7 Å². The van der Waals surface area contributed by atoms with E-state index < -0.39 is 23.9 Å². The largest absolute Gasteiger partial charge is 0.513 e. The molecule has 3 rings (SSSR count). The first kappa shape index (κ1) is 26.9. The molecule has 1 aliphatic carbocycles. The molecule has 192 valence electrons. The number of hydrogen-bond donors (Lipinski definition) is 0. The number of carbonyl (C=O) groups is 4. The van der Waals surface area contributed by atoms with Gasteiger partial charge in [-0.1, -0.05) is 76.6 Å². The van der Waals surface area contributed by atoms with Gasteiger partial charge >= 0.3 is 12.3 Å². The Labute approximate surface area is 210 Å². The summed E-state index contributed by atoms with van der Waals surface area (Å²) in [7, 11) is 0. The van der Waals surface area contributed by atoms with E-state index in [0.717, 1.165) is 38.5 Å². The van der Waals surface area contributed by atoms with Gasteiger partial charge < -0.3 is 18.9 Å². The minimum absolute atomic E-state index is 0.142. The normalized spacial score (nSPS) is 11.9. The summed E-state index contributed by atoms with van der Waals surface area (Å²) in [6.07, 6.45) is 5.44. The molecule has 2 aromatic carbocycles. The predicted octanol–water partition coefficient (Wildman–Crippen LogP) is 6.65. The lowest BCUT2D eigenvalue weighted by Gasteiger charge is -2.21. The second-order valence-corrected chi connectivity index (χ2v) is 8.54. The predicted molar refractivity (Wildman–Crippen MR) is 132 cm³/mol. The van der Waals surface area contributed by atoms with Crippen molar-refractivity contribution in [1.82, 2.24) is 0 Å². The Morgan fingerprint density at radius 2 is 1.03 bits per heavy atom. The first-order valence-electron chi connectivity index (χ1n) is 12.5. The second-order valence-electron chi connectivity index (χ2n) is 8.54. The van der Waals surface area contributed by atoms with E-state index in [1.165, 1.54) is 24.3 Å². The van der Waals surface area contributed by atoms with E-state index in [2.05, 4.69) is 13.8 Å². The zero-order valence-electron chi connectivity index (χ0n) is 20.8. The van der Waals surface area contributed by atoms with Crippen LogP contribution in [0.25, 0.3) is 0 Å². The number of ketones is 2. The summed E-state index contributed by atoms with van der Waals surface area (Å²) in [6.45, 7) is 4.52. The van der Waals surface area contributed by atoms with Gasteiger partial charge in [0.25, 0.3) is 0 Å². The van der Waals surface area contributed by atoms with E-state index in [4.69, 9.17) is 18.9 Å². The van der Waals surface area contributed by atoms with Crippen LogP contribution in [-0.4, -0.2) is 37.1 Å². The molecule has 0 spiro atoms. The van der Waals surface area contributed by atoms with Gasteiger partial charge in [-0.15, -0.1) is 0 Å². The van der Waals surface area contributed by atoms with Crippen LogP contribution in [-0.2, 0) is 9.47 Å². The zero-order chi connectivity index (χ0) is 25.9. The van der Waals surface area contributed by atoms with E-state index >= 15 is 0 Å². The number of fused-ring (bicyclic) bond motifs is 2. The Balaban J connectivity index is 1.82. The Bertz CT molecular complexity index is 1020. The van der Waals surface area contributed by atoms with Crippen LogP contribution in [0.4, 0.5) is 9.59 Å². The fraction of sp³-hybridized carbons (Fsp3) is 0.429. The molecule has 8 heteroatoms. The number of carbonyl (C=O) groups excluding carboxylic acids is 4. The number of rotatable bonds is 12. The Morgan fingerprint density at radius 3 is 1.42 bits per heavy atom. The number of unbranched alkanes of at least 4 members (excludes halogenated alkanes) is 6. The van der Waals surface area contributed by atoms with Crippen LogP contribution in [0.5, 0.6) is 11.5 Å². The molecule has 0 atom stereocenters. The van der Waals surface area contributed by atoms with Gasteiger partial charge in [-0.2, -0.15) is 0 Å². The summed E-state index contributed by atoms with van der Waals surface area (Å²) in [5.74, 6) is -1.33. The third-order valence-corrected chi connectivity index (χ3v) is 5.82.